The van der Waals surface area contributed by atoms with Gasteiger partial charge in [-0.05, 0) is 42.3 Å². The molecule has 6 heteroatoms. The van der Waals surface area contributed by atoms with Gasteiger partial charge in [0.1, 0.15) is 17.5 Å². The molecule has 4 aromatic rings. The fraction of sp³-hybridized carbons (Fsp3) is 0.296. The molecule has 33 heavy (non-hydrogen) atoms. The number of pyridine rings is 1. The summed E-state index contributed by atoms with van der Waals surface area (Å²) in [5.41, 5.74) is 3.77. The van der Waals surface area contributed by atoms with E-state index in [9.17, 15) is 10.1 Å². The van der Waals surface area contributed by atoms with Gasteiger partial charge in [0.05, 0.1) is 12.2 Å². The van der Waals surface area contributed by atoms with Crippen molar-refractivity contribution in [3.63, 3.8) is 0 Å². The minimum Gasteiger partial charge on any atom is -0.493 e. The van der Waals surface area contributed by atoms with Crippen molar-refractivity contribution in [3.8, 4) is 11.8 Å². The normalized spacial score (nSPS) is 19.8. The molecule has 0 bridgehead atoms. The molecule has 2 aliphatic rings. The van der Waals surface area contributed by atoms with E-state index in [1.165, 1.54) is 20.7 Å². The van der Waals surface area contributed by atoms with Crippen LogP contribution in [-0.2, 0) is 6.42 Å². The van der Waals surface area contributed by atoms with E-state index in [-0.39, 0.29) is 5.56 Å². The van der Waals surface area contributed by atoms with Gasteiger partial charge in [-0.3, -0.25) is 9.20 Å². The smallest absolute Gasteiger partial charge is 0.261 e. The van der Waals surface area contributed by atoms with Gasteiger partial charge in [0, 0.05) is 54.5 Å². The second-order valence-electron chi connectivity index (χ2n) is 9.12. The Morgan fingerprint density at radius 2 is 2.03 bits per heavy atom. The Kier molecular flexibility index (Phi) is 4.67. The predicted molar refractivity (Wildman–Crippen MR) is 127 cm³/mol. The van der Waals surface area contributed by atoms with E-state index < -0.39 is 0 Å². The van der Waals surface area contributed by atoms with E-state index in [4.69, 9.17) is 4.74 Å². The van der Waals surface area contributed by atoms with Crippen molar-refractivity contribution in [1.82, 2.24) is 14.3 Å². The predicted octanol–water partition coefficient (Wildman–Crippen LogP) is 3.68. The third-order valence-electron chi connectivity index (χ3n) is 7.20. The highest BCUT2D eigenvalue weighted by Crippen LogP contribution is 2.45. The molecule has 0 radical (unpaired) electrons. The van der Waals surface area contributed by atoms with Crippen LogP contribution in [0.2, 0.25) is 0 Å². The third kappa shape index (κ3) is 3.28. The van der Waals surface area contributed by atoms with Crippen molar-refractivity contribution in [1.29, 1.82) is 5.26 Å². The average molecular weight is 437 g/mol. The summed E-state index contributed by atoms with van der Waals surface area (Å²) in [4.78, 5) is 20.2. The van der Waals surface area contributed by atoms with Gasteiger partial charge < -0.3 is 9.64 Å². The lowest BCUT2D eigenvalue weighted by atomic mass is 9.84. The fourth-order valence-corrected chi connectivity index (χ4v) is 5.53. The number of nitrogens with zero attached hydrogens (tertiary/aromatic N) is 4. The van der Waals surface area contributed by atoms with Gasteiger partial charge >= 0.3 is 0 Å². The Bertz CT molecular complexity index is 1500. The van der Waals surface area contributed by atoms with Crippen molar-refractivity contribution in [2.24, 2.45) is 5.92 Å². The van der Waals surface area contributed by atoms with Crippen LogP contribution in [0, 0.1) is 24.2 Å². The molecule has 0 aliphatic carbocycles. The van der Waals surface area contributed by atoms with E-state index in [0.29, 0.717) is 29.5 Å². The minimum absolute atomic E-state index is 0.0779. The third-order valence-corrected chi connectivity index (χ3v) is 7.20. The maximum absolute atomic E-state index is 13.2. The number of fused-ring (bicyclic) bond motifs is 6. The summed E-state index contributed by atoms with van der Waals surface area (Å²) in [6.45, 7) is 5.37. The average Bonchev–Trinajstić information content (AvgIpc) is 3.26. The highest BCUT2D eigenvalue weighted by Gasteiger charge is 2.39. The maximum Gasteiger partial charge on any atom is 0.261 e. The Labute approximate surface area is 191 Å². The molecule has 1 saturated heterocycles. The van der Waals surface area contributed by atoms with Gasteiger partial charge in [0.2, 0.25) is 0 Å². The van der Waals surface area contributed by atoms with Crippen LogP contribution >= 0.6 is 0 Å². The highest BCUT2D eigenvalue weighted by atomic mass is 16.5. The number of hydrogen-bond donors (Lipinski definition) is 0. The van der Waals surface area contributed by atoms with Gasteiger partial charge in [-0.2, -0.15) is 5.26 Å². The molecule has 6 nitrogen and oxygen atoms in total. The van der Waals surface area contributed by atoms with Crippen LogP contribution in [0.1, 0.15) is 28.3 Å². The molecule has 2 aliphatic heterocycles. The molecule has 0 saturated carbocycles. The zero-order chi connectivity index (χ0) is 22.5. The van der Waals surface area contributed by atoms with Crippen LogP contribution < -0.4 is 10.3 Å². The summed E-state index contributed by atoms with van der Waals surface area (Å²) < 4.78 is 7.65. The number of aromatic nitrogens is 2. The van der Waals surface area contributed by atoms with Crippen molar-refractivity contribution >= 4 is 16.4 Å². The molecule has 6 rings (SSSR count). The van der Waals surface area contributed by atoms with Crippen LogP contribution in [0.3, 0.4) is 0 Å². The minimum atomic E-state index is -0.0779. The maximum atomic E-state index is 13.2. The van der Waals surface area contributed by atoms with Gasteiger partial charge in [-0.25, -0.2) is 4.98 Å². The Balaban J connectivity index is 1.27. The van der Waals surface area contributed by atoms with Crippen LogP contribution in [0.15, 0.2) is 59.5 Å². The molecule has 2 aromatic carbocycles. The molecule has 0 spiro atoms. The zero-order valence-electron chi connectivity index (χ0n) is 18.5. The summed E-state index contributed by atoms with van der Waals surface area (Å²) in [7, 11) is 0. The first-order chi connectivity index (χ1) is 16.1. The lowest BCUT2D eigenvalue weighted by Crippen LogP contribution is -2.28. The van der Waals surface area contributed by atoms with Gasteiger partial charge in [0.15, 0.2) is 0 Å². The van der Waals surface area contributed by atoms with Crippen molar-refractivity contribution in [2.45, 2.75) is 19.3 Å². The summed E-state index contributed by atoms with van der Waals surface area (Å²) in [5.74, 6) is 1.91. The van der Waals surface area contributed by atoms with E-state index >= 15 is 0 Å². The number of benzene rings is 2. The highest BCUT2D eigenvalue weighted by molar-refractivity contribution is 5.88. The molecule has 1 fully saturated rings. The van der Waals surface area contributed by atoms with Crippen LogP contribution in [0.5, 0.6) is 5.75 Å². The van der Waals surface area contributed by atoms with Gasteiger partial charge in [-0.1, -0.05) is 30.3 Å². The summed E-state index contributed by atoms with van der Waals surface area (Å²) in [6, 6.07) is 18.3. The number of likely N-dealkylation sites (tertiary alicyclic amines) is 1. The molecule has 2 aromatic heterocycles. The van der Waals surface area contributed by atoms with Crippen LogP contribution in [0.4, 0.5) is 0 Å². The summed E-state index contributed by atoms with van der Waals surface area (Å²) in [6.07, 6.45) is 2.22. The number of nitriles is 1. The molecule has 4 heterocycles. The number of rotatable bonds is 3. The second kappa shape index (κ2) is 7.72. The second-order valence-corrected chi connectivity index (χ2v) is 9.12. The SMILES string of the molecule is Cc1nc2ccc(C#N)cn2c(=O)c1CCN1C[C@@H]2COc3ccc4ccccc4c3[C@@H]2C1. The van der Waals surface area contributed by atoms with Crippen molar-refractivity contribution < 1.29 is 4.74 Å². The largest absolute Gasteiger partial charge is 0.493 e. The van der Waals surface area contributed by atoms with Crippen molar-refractivity contribution in [2.75, 3.05) is 26.2 Å². The Hall–Kier alpha value is -3.69. The standard InChI is InChI=1S/C27H24N4O2/c1-17-21(27(32)31-13-18(12-28)6-9-25(31)29-17)10-11-30-14-20-16-33-24-8-7-19-4-2-3-5-22(19)26(24)23(20)15-30/h2-9,13,20,23H,10-11,14-16H2,1H3/t20-,23-/m1/s1. The van der Waals surface area contributed by atoms with E-state index in [1.54, 1.807) is 18.3 Å². The number of ether oxygens (including phenoxy) is 1. The van der Waals surface area contributed by atoms with Crippen LogP contribution in [0.25, 0.3) is 16.4 Å². The van der Waals surface area contributed by atoms with Crippen molar-refractivity contribution in [3.05, 3.63) is 87.5 Å². The molecule has 0 N–H and O–H groups in total. The van der Waals surface area contributed by atoms with E-state index in [2.05, 4.69) is 52.4 Å². The Morgan fingerprint density at radius 3 is 2.91 bits per heavy atom. The van der Waals surface area contributed by atoms with Gasteiger partial charge in [0.25, 0.3) is 5.56 Å². The van der Waals surface area contributed by atoms with Gasteiger partial charge in [-0.15, -0.1) is 0 Å². The molecule has 164 valence electrons. The summed E-state index contributed by atoms with van der Waals surface area (Å²) in [5, 5.41) is 11.7. The molecular formula is C27H24N4O2. The summed E-state index contributed by atoms with van der Waals surface area (Å²) >= 11 is 0. The molecular weight excluding hydrogens is 412 g/mol. The van der Waals surface area contributed by atoms with E-state index in [0.717, 1.165) is 43.2 Å². The quantitative estimate of drug-likeness (QED) is 0.490. The first-order valence-electron chi connectivity index (χ1n) is 11.4. The van der Waals surface area contributed by atoms with Crippen LogP contribution in [-0.4, -0.2) is 40.5 Å². The topological polar surface area (TPSA) is 70.6 Å². The fourth-order valence-electron chi connectivity index (χ4n) is 5.53. The molecule has 0 unspecified atom stereocenters. The molecule has 2 atom stereocenters. The first kappa shape index (κ1) is 20.0. The first-order valence-corrected chi connectivity index (χ1v) is 11.4. The molecule has 0 amide bonds. The monoisotopic (exact) mass is 436 g/mol. The Morgan fingerprint density at radius 1 is 1.15 bits per heavy atom. The lowest BCUT2D eigenvalue weighted by Gasteiger charge is -2.29. The zero-order valence-corrected chi connectivity index (χ0v) is 18.5. The number of aryl methyl sites for hydroxylation is 1. The lowest BCUT2D eigenvalue weighted by molar-refractivity contribution is 0.214. The van der Waals surface area contributed by atoms with E-state index in [1.807, 2.05) is 6.92 Å². The number of hydrogen-bond acceptors (Lipinski definition) is 5.